The van der Waals surface area contributed by atoms with E-state index in [-0.39, 0.29) is 0 Å². The Morgan fingerprint density at radius 2 is 2.00 bits per heavy atom. The molecule has 8 nitrogen and oxygen atoms in total. The molecule has 0 bridgehead atoms. The number of aliphatic hydroxyl groups excluding tert-OH is 5. The van der Waals surface area contributed by atoms with E-state index in [9.17, 15) is 25.7 Å². The van der Waals surface area contributed by atoms with E-state index >= 15 is 0 Å². The number of ether oxygens (including phenoxy) is 2. The van der Waals surface area contributed by atoms with Crippen molar-refractivity contribution in [1.29, 1.82) is 5.26 Å². The van der Waals surface area contributed by atoms with Crippen LogP contribution in [0.2, 0.25) is 0 Å². The fourth-order valence-corrected chi connectivity index (χ4v) is 2.32. The predicted octanol–water partition coefficient (Wildman–Crippen LogP) is -2.06. The van der Waals surface area contributed by atoms with Crippen LogP contribution >= 0.6 is 0 Å². The van der Waals surface area contributed by atoms with Crippen LogP contribution in [-0.2, 0) is 9.47 Å². The zero-order valence-electron chi connectivity index (χ0n) is 11.7. The molecule has 1 heterocycles. The van der Waals surface area contributed by atoms with Crippen LogP contribution in [-0.4, -0.2) is 75.1 Å². The Balaban J connectivity index is 2.07. The average molecular weight is 313 g/mol. The van der Waals surface area contributed by atoms with E-state index < -0.39 is 49.5 Å². The zero-order valence-corrected chi connectivity index (χ0v) is 11.7. The minimum atomic E-state index is -1.56. The van der Waals surface area contributed by atoms with Crippen molar-refractivity contribution in [3.8, 4) is 6.07 Å². The molecule has 122 valence electrons. The second-order valence-corrected chi connectivity index (χ2v) is 5.21. The molecule has 1 fully saturated rings. The molecule has 0 aromatic rings. The van der Waals surface area contributed by atoms with Crippen molar-refractivity contribution in [3.05, 3.63) is 23.8 Å². The molecule has 1 aliphatic carbocycles. The van der Waals surface area contributed by atoms with Gasteiger partial charge in [-0.15, -0.1) is 0 Å². The second-order valence-electron chi connectivity index (χ2n) is 5.21. The molecule has 0 spiro atoms. The van der Waals surface area contributed by atoms with Gasteiger partial charge in [-0.1, -0.05) is 18.2 Å². The highest BCUT2D eigenvalue weighted by Crippen LogP contribution is 2.25. The van der Waals surface area contributed by atoms with Crippen molar-refractivity contribution >= 4 is 0 Å². The molecule has 22 heavy (non-hydrogen) atoms. The molecule has 0 unspecified atom stereocenters. The summed E-state index contributed by atoms with van der Waals surface area (Å²) < 4.78 is 10.6. The van der Waals surface area contributed by atoms with E-state index in [4.69, 9.17) is 14.6 Å². The van der Waals surface area contributed by atoms with Gasteiger partial charge in [0.2, 0.25) is 0 Å². The first-order valence-corrected chi connectivity index (χ1v) is 6.89. The van der Waals surface area contributed by atoms with Crippen molar-refractivity contribution in [2.24, 2.45) is 0 Å². The van der Waals surface area contributed by atoms with Gasteiger partial charge in [-0.3, -0.25) is 0 Å². The third-order valence-electron chi connectivity index (χ3n) is 3.64. The van der Waals surface area contributed by atoms with Gasteiger partial charge in [0.15, 0.2) is 12.4 Å². The topological polar surface area (TPSA) is 143 Å². The summed E-state index contributed by atoms with van der Waals surface area (Å²) in [6.45, 7) is -0.573. The van der Waals surface area contributed by atoms with Gasteiger partial charge in [-0.25, -0.2) is 0 Å². The van der Waals surface area contributed by atoms with Crippen molar-refractivity contribution in [3.63, 3.8) is 0 Å². The molecule has 8 heteroatoms. The van der Waals surface area contributed by atoms with Gasteiger partial charge < -0.3 is 35.0 Å². The van der Waals surface area contributed by atoms with Gasteiger partial charge in [0.1, 0.15) is 24.4 Å². The Kier molecular flexibility index (Phi) is 5.66. The Morgan fingerprint density at radius 3 is 2.55 bits per heavy atom. The summed E-state index contributed by atoms with van der Waals surface area (Å²) in [5, 5.41) is 56.9. The quantitative estimate of drug-likeness (QED) is 0.399. The monoisotopic (exact) mass is 313 g/mol. The maximum absolute atomic E-state index is 9.88. The molecule has 1 saturated heterocycles. The minimum absolute atomic E-state index is 0.335. The summed E-state index contributed by atoms with van der Waals surface area (Å²) in [7, 11) is 0. The molecule has 0 aromatic heterocycles. The number of rotatable bonds is 4. The van der Waals surface area contributed by atoms with E-state index in [1.807, 2.05) is 6.07 Å². The SMILES string of the molecule is N#C[C@H](O[C@@H]1O[C@H](CO)[C@@H](O)[C@H](O)[C@H]1O)C1=CC[C@H](O)C=C1. The molecular formula is C14H19NO7. The highest BCUT2D eigenvalue weighted by Gasteiger charge is 2.45. The maximum atomic E-state index is 9.88. The molecule has 2 rings (SSSR count). The number of aliphatic hydroxyl groups is 5. The normalized spacial score (nSPS) is 39.9. The molecule has 0 amide bonds. The van der Waals surface area contributed by atoms with E-state index in [1.54, 1.807) is 6.08 Å². The van der Waals surface area contributed by atoms with Gasteiger partial charge in [0.25, 0.3) is 0 Å². The summed E-state index contributed by atoms with van der Waals surface area (Å²) in [6.07, 6.45) is -3.76. The smallest absolute Gasteiger partial charge is 0.188 e. The van der Waals surface area contributed by atoms with Crippen LogP contribution in [0, 0.1) is 11.3 Å². The van der Waals surface area contributed by atoms with Gasteiger partial charge in [-0.2, -0.15) is 5.26 Å². The molecular weight excluding hydrogens is 294 g/mol. The Hall–Kier alpha value is -1.31. The first kappa shape index (κ1) is 17.1. The lowest BCUT2D eigenvalue weighted by Crippen LogP contribution is -2.59. The first-order valence-electron chi connectivity index (χ1n) is 6.89. The van der Waals surface area contributed by atoms with E-state index in [0.29, 0.717) is 12.0 Å². The zero-order chi connectivity index (χ0) is 16.3. The van der Waals surface area contributed by atoms with Crippen molar-refractivity contribution in [2.75, 3.05) is 6.61 Å². The van der Waals surface area contributed by atoms with Gasteiger partial charge in [0.05, 0.1) is 18.8 Å². The average Bonchev–Trinajstić information content (AvgIpc) is 2.53. The third kappa shape index (κ3) is 3.53. The van der Waals surface area contributed by atoms with Crippen LogP contribution < -0.4 is 0 Å². The summed E-state index contributed by atoms with van der Waals surface area (Å²) >= 11 is 0. The van der Waals surface area contributed by atoms with E-state index in [1.165, 1.54) is 12.2 Å². The molecule has 7 atom stereocenters. The van der Waals surface area contributed by atoms with Crippen LogP contribution in [0.1, 0.15) is 6.42 Å². The lowest BCUT2D eigenvalue weighted by atomic mass is 9.98. The van der Waals surface area contributed by atoms with Crippen LogP contribution in [0.25, 0.3) is 0 Å². The Labute approximate surface area is 127 Å². The lowest BCUT2D eigenvalue weighted by Gasteiger charge is -2.40. The van der Waals surface area contributed by atoms with Gasteiger partial charge in [-0.05, 0) is 12.0 Å². The van der Waals surface area contributed by atoms with Crippen molar-refractivity contribution in [1.82, 2.24) is 0 Å². The fourth-order valence-electron chi connectivity index (χ4n) is 2.32. The standard InChI is InChI=1S/C14H19NO7/c15-5-9(7-1-3-8(17)4-2-7)21-14-13(20)12(19)11(18)10(6-16)22-14/h1-3,8-14,16-20H,4,6H2/t8-,9+,10-,11-,12+,13-,14-/m1/s1. The summed E-state index contributed by atoms with van der Waals surface area (Å²) in [6, 6.07) is 1.89. The minimum Gasteiger partial charge on any atom is -0.394 e. The van der Waals surface area contributed by atoms with Crippen molar-refractivity contribution < 1.29 is 35.0 Å². The van der Waals surface area contributed by atoms with Gasteiger partial charge in [0, 0.05) is 0 Å². The molecule has 0 radical (unpaired) electrons. The summed E-state index contributed by atoms with van der Waals surface area (Å²) in [5.41, 5.74) is 0.491. The highest BCUT2D eigenvalue weighted by molar-refractivity contribution is 5.32. The largest absolute Gasteiger partial charge is 0.394 e. The predicted molar refractivity (Wildman–Crippen MR) is 72.1 cm³/mol. The first-order chi connectivity index (χ1) is 10.5. The Bertz CT molecular complexity index is 484. The molecule has 0 saturated carbocycles. The molecule has 2 aliphatic rings. The van der Waals surface area contributed by atoms with Crippen molar-refractivity contribution in [2.45, 2.75) is 49.3 Å². The van der Waals surface area contributed by atoms with Crippen LogP contribution in [0.5, 0.6) is 0 Å². The van der Waals surface area contributed by atoms with Crippen LogP contribution in [0.3, 0.4) is 0 Å². The van der Waals surface area contributed by atoms with Gasteiger partial charge >= 0.3 is 0 Å². The molecule has 1 aliphatic heterocycles. The number of hydrogen-bond donors (Lipinski definition) is 5. The molecule has 0 aromatic carbocycles. The van der Waals surface area contributed by atoms with E-state index in [2.05, 4.69) is 0 Å². The lowest BCUT2D eigenvalue weighted by molar-refractivity contribution is -0.304. The third-order valence-corrected chi connectivity index (χ3v) is 3.64. The fraction of sp³-hybridized carbons (Fsp3) is 0.643. The number of nitriles is 1. The van der Waals surface area contributed by atoms with Crippen LogP contribution in [0.4, 0.5) is 0 Å². The van der Waals surface area contributed by atoms with E-state index in [0.717, 1.165) is 0 Å². The van der Waals surface area contributed by atoms with Crippen LogP contribution in [0.15, 0.2) is 23.8 Å². The summed E-state index contributed by atoms with van der Waals surface area (Å²) in [5.74, 6) is 0. The maximum Gasteiger partial charge on any atom is 0.188 e. The number of nitrogens with zero attached hydrogens (tertiary/aromatic N) is 1. The summed E-state index contributed by atoms with van der Waals surface area (Å²) in [4.78, 5) is 0. The second kappa shape index (κ2) is 7.30. The number of hydrogen-bond acceptors (Lipinski definition) is 8. The highest BCUT2D eigenvalue weighted by atomic mass is 16.7. The Morgan fingerprint density at radius 1 is 1.27 bits per heavy atom. The molecule has 5 N–H and O–H groups in total.